The number of carbonyl (C=O) groups is 1. The number of fused-ring (bicyclic) bond motifs is 2. The second-order valence-corrected chi connectivity index (χ2v) is 9.87. The van der Waals surface area contributed by atoms with Gasteiger partial charge in [0, 0.05) is 25.4 Å². The van der Waals surface area contributed by atoms with E-state index in [1.165, 1.54) is 24.0 Å². The average Bonchev–Trinajstić information content (AvgIpc) is 3.19. The van der Waals surface area contributed by atoms with Crippen LogP contribution in [0.2, 0.25) is 0 Å². The zero-order valence-corrected chi connectivity index (χ0v) is 18.8. The minimum Gasteiger partial charge on any atom is -0.490 e. The zero-order chi connectivity index (χ0) is 22.5. The fourth-order valence-corrected chi connectivity index (χ4v) is 5.54. The third kappa shape index (κ3) is 3.37. The molecule has 2 aliphatic heterocycles. The van der Waals surface area contributed by atoms with Crippen LogP contribution >= 0.6 is 0 Å². The number of para-hydroxylation sites is 1. The summed E-state index contributed by atoms with van der Waals surface area (Å²) in [4.78, 5) is 15.9. The van der Waals surface area contributed by atoms with Gasteiger partial charge in [0.25, 0.3) is 10.0 Å². The van der Waals surface area contributed by atoms with Gasteiger partial charge in [0.15, 0.2) is 0 Å². The van der Waals surface area contributed by atoms with Crippen molar-refractivity contribution in [3.05, 3.63) is 54.2 Å². The predicted molar refractivity (Wildman–Crippen MR) is 122 cm³/mol. The van der Waals surface area contributed by atoms with Gasteiger partial charge in [0.05, 0.1) is 28.3 Å². The van der Waals surface area contributed by atoms with Gasteiger partial charge in [-0.1, -0.05) is 24.3 Å². The second kappa shape index (κ2) is 7.75. The summed E-state index contributed by atoms with van der Waals surface area (Å²) in [5.41, 5.74) is 2.73. The molecule has 0 saturated carbocycles. The summed E-state index contributed by atoms with van der Waals surface area (Å²) in [5.74, 6) is 0.332. The molecular weight excluding hydrogens is 428 g/mol. The van der Waals surface area contributed by atoms with Gasteiger partial charge in [-0.05, 0) is 43.3 Å². The fourth-order valence-electron chi connectivity index (χ4n) is 4.23. The first kappa shape index (κ1) is 20.7. The highest BCUT2D eigenvalue weighted by Gasteiger charge is 2.28. The summed E-state index contributed by atoms with van der Waals surface area (Å²) in [6.45, 7) is 3.90. The molecule has 166 valence electrons. The molecule has 2 aliphatic rings. The van der Waals surface area contributed by atoms with E-state index in [-0.39, 0.29) is 10.8 Å². The standard InChI is InChI=1S/C23H24N4O4S/c1-16(28)26-13-14-31-22-8-7-18(15-21(22)26)32(29,30)27-20-6-4-3-5-19(20)23(24-27)17-9-11-25(2)12-10-17/h3-9,15H,10-14H2,1-2H3. The number of benzene rings is 2. The number of aromatic nitrogens is 2. The van der Waals surface area contributed by atoms with Crippen LogP contribution in [-0.2, 0) is 14.8 Å². The monoisotopic (exact) mass is 452 g/mol. The Balaban J connectivity index is 1.65. The van der Waals surface area contributed by atoms with Gasteiger partial charge >= 0.3 is 0 Å². The first-order chi connectivity index (χ1) is 15.4. The number of hydrogen-bond donors (Lipinski definition) is 0. The topological polar surface area (TPSA) is 84.7 Å². The van der Waals surface area contributed by atoms with Crippen LogP contribution in [0, 0.1) is 0 Å². The van der Waals surface area contributed by atoms with Crippen LogP contribution in [0.15, 0.2) is 53.4 Å². The van der Waals surface area contributed by atoms with Gasteiger partial charge in [0.2, 0.25) is 5.91 Å². The maximum absolute atomic E-state index is 13.7. The Morgan fingerprint density at radius 2 is 1.94 bits per heavy atom. The summed E-state index contributed by atoms with van der Waals surface area (Å²) in [7, 11) is -1.95. The third-order valence-electron chi connectivity index (χ3n) is 5.97. The molecule has 0 N–H and O–H groups in total. The molecule has 0 bridgehead atoms. The fraction of sp³-hybridized carbons (Fsp3) is 0.304. The van der Waals surface area contributed by atoms with Crippen LogP contribution in [-0.4, -0.2) is 61.7 Å². The highest BCUT2D eigenvalue weighted by Crippen LogP contribution is 2.36. The van der Waals surface area contributed by atoms with E-state index in [4.69, 9.17) is 4.74 Å². The van der Waals surface area contributed by atoms with Crippen molar-refractivity contribution in [2.45, 2.75) is 18.2 Å². The number of ether oxygens (including phenoxy) is 1. The van der Waals surface area contributed by atoms with Crippen molar-refractivity contribution < 1.29 is 17.9 Å². The number of amides is 1. The van der Waals surface area contributed by atoms with E-state index in [1.807, 2.05) is 12.1 Å². The quantitative estimate of drug-likeness (QED) is 0.608. The zero-order valence-electron chi connectivity index (χ0n) is 18.0. The summed E-state index contributed by atoms with van der Waals surface area (Å²) in [5, 5.41) is 5.39. The molecule has 0 saturated heterocycles. The molecule has 0 spiro atoms. The van der Waals surface area contributed by atoms with E-state index in [0.29, 0.717) is 35.8 Å². The van der Waals surface area contributed by atoms with Crippen LogP contribution in [0.25, 0.3) is 16.5 Å². The van der Waals surface area contributed by atoms with Crippen LogP contribution in [0.4, 0.5) is 5.69 Å². The van der Waals surface area contributed by atoms with Gasteiger partial charge < -0.3 is 14.5 Å². The molecule has 32 heavy (non-hydrogen) atoms. The molecule has 2 aromatic carbocycles. The van der Waals surface area contributed by atoms with Crippen molar-refractivity contribution in [1.29, 1.82) is 0 Å². The summed E-state index contributed by atoms with van der Waals surface area (Å²) >= 11 is 0. The summed E-state index contributed by atoms with van der Waals surface area (Å²) < 4.78 is 34.1. The molecule has 0 fully saturated rings. The van der Waals surface area contributed by atoms with Crippen LogP contribution in [0.5, 0.6) is 5.75 Å². The van der Waals surface area contributed by atoms with Gasteiger partial charge in [-0.3, -0.25) is 4.79 Å². The lowest BCUT2D eigenvalue weighted by Gasteiger charge is -2.29. The van der Waals surface area contributed by atoms with Crippen LogP contribution < -0.4 is 9.64 Å². The van der Waals surface area contributed by atoms with Gasteiger partial charge in [-0.2, -0.15) is 17.6 Å². The molecule has 8 nitrogen and oxygen atoms in total. The second-order valence-electron chi connectivity index (χ2n) is 8.10. The first-order valence-corrected chi connectivity index (χ1v) is 12.0. The molecule has 3 heterocycles. The van der Waals surface area contributed by atoms with Crippen molar-refractivity contribution >= 4 is 38.1 Å². The van der Waals surface area contributed by atoms with Crippen molar-refractivity contribution in [3.8, 4) is 5.75 Å². The number of nitrogens with zero attached hydrogens (tertiary/aromatic N) is 4. The smallest absolute Gasteiger partial charge is 0.283 e. The van der Waals surface area contributed by atoms with E-state index in [0.717, 1.165) is 34.6 Å². The van der Waals surface area contributed by atoms with Gasteiger partial charge in [-0.25, -0.2) is 0 Å². The van der Waals surface area contributed by atoms with Crippen molar-refractivity contribution in [2.75, 3.05) is 38.2 Å². The highest BCUT2D eigenvalue weighted by molar-refractivity contribution is 7.90. The van der Waals surface area contributed by atoms with Crippen LogP contribution in [0.3, 0.4) is 0 Å². The third-order valence-corrected chi connectivity index (χ3v) is 7.56. The summed E-state index contributed by atoms with van der Waals surface area (Å²) in [6, 6.07) is 12.0. The van der Waals surface area contributed by atoms with Crippen molar-refractivity contribution in [2.24, 2.45) is 0 Å². The number of hydrogen-bond acceptors (Lipinski definition) is 6. The minimum absolute atomic E-state index is 0.0603. The lowest BCUT2D eigenvalue weighted by atomic mass is 10.0. The van der Waals surface area contributed by atoms with Gasteiger partial charge in [-0.15, -0.1) is 0 Å². The Morgan fingerprint density at radius 3 is 2.69 bits per heavy atom. The van der Waals surface area contributed by atoms with E-state index >= 15 is 0 Å². The largest absolute Gasteiger partial charge is 0.490 e. The van der Waals surface area contributed by atoms with E-state index in [2.05, 4.69) is 23.1 Å². The predicted octanol–water partition coefficient (Wildman–Crippen LogP) is 2.74. The lowest BCUT2D eigenvalue weighted by Crippen LogP contribution is -2.36. The molecule has 0 atom stereocenters. The van der Waals surface area contributed by atoms with E-state index in [9.17, 15) is 13.2 Å². The Kier molecular flexibility index (Phi) is 5.02. The maximum Gasteiger partial charge on any atom is 0.283 e. The Labute approximate surface area is 186 Å². The molecule has 0 unspecified atom stereocenters. The molecule has 0 aliphatic carbocycles. The SMILES string of the molecule is CC(=O)N1CCOc2ccc(S(=O)(=O)n3nc(C4=CCN(C)CC4)c4ccccc43)cc21. The molecule has 1 aromatic heterocycles. The number of likely N-dealkylation sites (N-methyl/N-ethyl adjacent to an activating group) is 1. The highest BCUT2D eigenvalue weighted by atomic mass is 32.2. The Morgan fingerprint density at radius 1 is 1.12 bits per heavy atom. The van der Waals surface area contributed by atoms with Crippen molar-refractivity contribution in [1.82, 2.24) is 14.1 Å². The van der Waals surface area contributed by atoms with E-state index < -0.39 is 10.0 Å². The number of anilines is 1. The Hall–Kier alpha value is -3.17. The molecule has 1 amide bonds. The minimum atomic E-state index is -4.00. The molecule has 0 radical (unpaired) electrons. The Bertz CT molecular complexity index is 1360. The molecular formula is C23H24N4O4S. The molecule has 3 aromatic rings. The molecule has 5 rings (SSSR count). The maximum atomic E-state index is 13.7. The van der Waals surface area contributed by atoms with E-state index in [1.54, 1.807) is 18.2 Å². The normalized spacial score (nSPS) is 17.1. The first-order valence-electron chi connectivity index (χ1n) is 10.5. The lowest BCUT2D eigenvalue weighted by molar-refractivity contribution is -0.116. The van der Waals surface area contributed by atoms with Crippen LogP contribution in [0.1, 0.15) is 19.0 Å². The van der Waals surface area contributed by atoms with Gasteiger partial charge in [0.1, 0.15) is 12.4 Å². The average molecular weight is 453 g/mol. The molecule has 9 heteroatoms. The van der Waals surface area contributed by atoms with Crippen molar-refractivity contribution in [3.63, 3.8) is 0 Å². The number of rotatable bonds is 3. The summed E-state index contributed by atoms with van der Waals surface area (Å²) in [6.07, 6.45) is 2.91. The number of carbonyl (C=O) groups excluding carboxylic acids is 1.